The second kappa shape index (κ2) is 7.93. The molecule has 8 nitrogen and oxygen atoms in total. The smallest absolute Gasteiger partial charge is 0.343 e. The average molecular weight is 618 g/mol. The molecular weight excluding hydrogens is 597 g/mol. The first kappa shape index (κ1) is 22.1. The second-order valence-electron chi connectivity index (χ2n) is 7.76. The van der Waals surface area contributed by atoms with Crippen LogP contribution in [0.2, 0.25) is 0 Å². The summed E-state index contributed by atoms with van der Waals surface area (Å²) in [6.07, 6.45) is 0.0901. The maximum absolute atomic E-state index is 13.1. The molecule has 0 aromatic heterocycles. The molecule has 3 aliphatic rings. The molecule has 32 heavy (non-hydrogen) atoms. The van der Waals surface area contributed by atoms with Gasteiger partial charge in [0.1, 0.15) is 9.11 Å². The van der Waals surface area contributed by atoms with E-state index in [9.17, 15) is 9.90 Å². The maximum Gasteiger partial charge on any atom is 0.343 e. The van der Waals surface area contributed by atoms with E-state index in [2.05, 4.69) is 43.4 Å². The van der Waals surface area contributed by atoms with Crippen LogP contribution in [-0.2, 0) is 21.3 Å². The van der Waals surface area contributed by atoms with Crippen LogP contribution >= 0.6 is 38.5 Å². The van der Waals surface area contributed by atoms with Gasteiger partial charge in [0.05, 0.1) is 25.3 Å². The quantitative estimate of drug-likeness (QED) is 0.241. The Morgan fingerprint density at radius 3 is 2.72 bits per heavy atom. The average Bonchev–Trinajstić information content (AvgIpc) is 3.42. The lowest BCUT2D eigenvalue weighted by Crippen LogP contribution is -2.49. The number of halogens is 2. The Balaban J connectivity index is 1.77. The lowest BCUT2D eigenvalue weighted by atomic mass is 9.83. The van der Waals surface area contributed by atoms with Crippen molar-refractivity contribution < 1.29 is 33.6 Å². The van der Waals surface area contributed by atoms with Crippen molar-refractivity contribution in [1.82, 2.24) is 4.90 Å². The Morgan fingerprint density at radius 1 is 1.28 bits per heavy atom. The largest absolute Gasteiger partial charge is 0.493 e. The fourth-order valence-electron chi connectivity index (χ4n) is 4.87. The van der Waals surface area contributed by atoms with Crippen LogP contribution in [0.1, 0.15) is 38.7 Å². The van der Waals surface area contributed by atoms with Gasteiger partial charge in [-0.2, -0.15) is 0 Å². The zero-order chi connectivity index (χ0) is 22.8. The number of hydrogen-bond acceptors (Lipinski definition) is 8. The molecule has 1 N–H and O–H groups in total. The zero-order valence-corrected chi connectivity index (χ0v) is 21.4. The minimum Gasteiger partial charge on any atom is -0.493 e. The van der Waals surface area contributed by atoms with Gasteiger partial charge in [-0.05, 0) is 41.0 Å². The molecule has 0 saturated carbocycles. The molecule has 0 saturated heterocycles. The minimum atomic E-state index is -0.812. The predicted molar refractivity (Wildman–Crippen MR) is 126 cm³/mol. The van der Waals surface area contributed by atoms with Crippen LogP contribution in [0, 0.1) is 0 Å². The van der Waals surface area contributed by atoms with Crippen molar-refractivity contribution in [3.05, 3.63) is 44.4 Å². The minimum absolute atomic E-state index is 0.0894. The van der Waals surface area contributed by atoms with Gasteiger partial charge in [0, 0.05) is 23.2 Å². The summed E-state index contributed by atoms with van der Waals surface area (Å²) in [6, 6.07) is 3.62. The Bertz CT molecular complexity index is 1140. The number of rotatable bonds is 4. The highest BCUT2D eigenvalue weighted by Gasteiger charge is 2.55. The molecule has 0 unspecified atom stereocenters. The van der Waals surface area contributed by atoms with E-state index in [1.165, 1.54) is 14.2 Å². The molecule has 10 heteroatoms. The van der Waals surface area contributed by atoms with Crippen LogP contribution < -0.4 is 18.9 Å². The van der Waals surface area contributed by atoms with Gasteiger partial charge in [-0.15, -0.1) is 0 Å². The molecule has 0 aliphatic carbocycles. The number of fused-ring (bicyclic) bond motifs is 3. The molecule has 2 atom stereocenters. The SMILES string of the molecule is COc1ccc2c(c1OC)C(=O)O[C@@H]2[C@@]1(I)c2c(c(Br)c3c(c2CO)OCO3)CCN1C. The maximum atomic E-state index is 13.1. The summed E-state index contributed by atoms with van der Waals surface area (Å²) in [5.41, 5.74) is 3.58. The van der Waals surface area contributed by atoms with Crippen molar-refractivity contribution in [2.24, 2.45) is 0 Å². The molecule has 0 bridgehead atoms. The number of nitrogens with zero attached hydrogens (tertiary/aromatic N) is 1. The van der Waals surface area contributed by atoms with E-state index in [4.69, 9.17) is 23.7 Å². The van der Waals surface area contributed by atoms with E-state index < -0.39 is 15.6 Å². The van der Waals surface area contributed by atoms with Crippen LogP contribution in [0.4, 0.5) is 0 Å². The zero-order valence-electron chi connectivity index (χ0n) is 17.7. The summed E-state index contributed by atoms with van der Waals surface area (Å²) in [5.74, 6) is 1.47. The highest BCUT2D eigenvalue weighted by Crippen LogP contribution is 2.60. The third-order valence-corrected chi connectivity index (χ3v) is 9.12. The van der Waals surface area contributed by atoms with Crippen LogP contribution in [0.5, 0.6) is 23.0 Å². The summed E-state index contributed by atoms with van der Waals surface area (Å²) in [4.78, 5) is 15.2. The van der Waals surface area contributed by atoms with Gasteiger partial charge in [-0.1, -0.05) is 28.7 Å². The number of aliphatic hydroxyl groups is 1. The topological polar surface area (TPSA) is 86.7 Å². The monoisotopic (exact) mass is 617 g/mol. The van der Waals surface area contributed by atoms with Crippen LogP contribution in [0.15, 0.2) is 16.6 Å². The Hall–Kier alpha value is -1.76. The number of methoxy groups -OCH3 is 2. The molecule has 2 aromatic carbocycles. The standard InChI is InChI=1S/C22H21BrINO7/c1-25-7-6-11-15(12(8-26)17-19(16(11)23)31-9-30-17)22(25,24)20-10-4-5-13(28-2)18(29-3)14(10)21(27)32-20/h4-5,20,26H,6-9H2,1-3H3/t20-,22+/m0/s1. The molecule has 2 aromatic rings. The number of carbonyl (C=O) groups excluding carboxylic acids is 1. The van der Waals surface area contributed by atoms with Gasteiger partial charge in [-0.25, -0.2) is 4.79 Å². The summed E-state index contributed by atoms with van der Waals surface area (Å²) >= 11 is 6.03. The van der Waals surface area contributed by atoms with Gasteiger partial charge in [0.25, 0.3) is 0 Å². The lowest BCUT2D eigenvalue weighted by Gasteiger charge is -2.46. The highest BCUT2D eigenvalue weighted by molar-refractivity contribution is 14.1. The lowest BCUT2D eigenvalue weighted by molar-refractivity contribution is 0.00293. The van der Waals surface area contributed by atoms with Crippen molar-refractivity contribution in [3.8, 4) is 23.0 Å². The summed E-state index contributed by atoms with van der Waals surface area (Å²) in [7, 11) is 5.02. The van der Waals surface area contributed by atoms with E-state index in [0.717, 1.165) is 28.6 Å². The van der Waals surface area contributed by atoms with Gasteiger partial charge in [0.2, 0.25) is 6.79 Å². The van der Waals surface area contributed by atoms with Crippen molar-refractivity contribution in [2.75, 3.05) is 34.6 Å². The van der Waals surface area contributed by atoms with Crippen LogP contribution in [0.3, 0.4) is 0 Å². The Morgan fingerprint density at radius 2 is 2.03 bits per heavy atom. The third-order valence-electron chi connectivity index (χ3n) is 6.35. The first-order valence-corrected chi connectivity index (χ1v) is 11.9. The fraction of sp³-hybridized carbons (Fsp3) is 0.409. The van der Waals surface area contributed by atoms with Crippen molar-refractivity contribution >= 4 is 44.5 Å². The van der Waals surface area contributed by atoms with Gasteiger partial charge < -0.3 is 28.8 Å². The number of alkyl halides is 1. The predicted octanol–water partition coefficient (Wildman–Crippen LogP) is 3.67. The first-order valence-electron chi connectivity index (χ1n) is 9.98. The number of carbonyl (C=O) groups is 1. The summed E-state index contributed by atoms with van der Waals surface area (Å²) < 4.78 is 28.3. The first-order chi connectivity index (χ1) is 15.4. The number of aliphatic hydroxyl groups excluding tert-OH is 1. The van der Waals surface area contributed by atoms with E-state index in [-0.39, 0.29) is 13.4 Å². The Kier molecular flexibility index (Phi) is 5.46. The molecule has 5 rings (SSSR count). The number of ether oxygens (including phenoxy) is 5. The third kappa shape index (κ3) is 2.82. The highest BCUT2D eigenvalue weighted by atomic mass is 127. The second-order valence-corrected chi connectivity index (χ2v) is 10.2. The van der Waals surface area contributed by atoms with Crippen LogP contribution in [-0.4, -0.2) is 50.6 Å². The van der Waals surface area contributed by atoms with Crippen molar-refractivity contribution in [1.29, 1.82) is 0 Å². The van der Waals surface area contributed by atoms with E-state index in [0.29, 0.717) is 39.7 Å². The van der Waals surface area contributed by atoms with Gasteiger partial charge >= 0.3 is 5.97 Å². The number of cyclic esters (lactones) is 1. The molecule has 0 amide bonds. The summed E-state index contributed by atoms with van der Waals surface area (Å²) in [6.45, 7) is 0.571. The fourth-order valence-corrected chi connectivity index (χ4v) is 6.91. The van der Waals surface area contributed by atoms with E-state index in [1.807, 2.05) is 13.1 Å². The van der Waals surface area contributed by atoms with Crippen molar-refractivity contribution in [2.45, 2.75) is 22.7 Å². The molecule has 0 fully saturated rings. The number of esters is 1. The van der Waals surface area contributed by atoms with Gasteiger partial charge in [-0.3, -0.25) is 4.90 Å². The van der Waals surface area contributed by atoms with Crippen LogP contribution in [0.25, 0.3) is 0 Å². The molecule has 170 valence electrons. The number of hydrogen-bond donors (Lipinski definition) is 1. The van der Waals surface area contributed by atoms with Crippen molar-refractivity contribution in [3.63, 3.8) is 0 Å². The molecule has 0 radical (unpaired) electrons. The molecule has 3 aliphatic heterocycles. The normalized spacial score (nSPS) is 23.6. The molecule has 0 spiro atoms. The summed E-state index contributed by atoms with van der Waals surface area (Å²) in [5, 5.41) is 10.4. The van der Waals surface area contributed by atoms with Gasteiger partial charge in [0.15, 0.2) is 29.1 Å². The number of benzene rings is 2. The Labute approximate surface area is 207 Å². The molecule has 3 heterocycles. The number of likely N-dealkylation sites (N-methyl/N-ethyl adjacent to an activating group) is 1. The van der Waals surface area contributed by atoms with E-state index in [1.54, 1.807) is 6.07 Å². The molecular formula is C22H21BrINO7. The van der Waals surface area contributed by atoms with E-state index >= 15 is 0 Å².